The Hall–Kier alpha value is -2.07. The summed E-state index contributed by atoms with van der Waals surface area (Å²) in [6, 6.07) is 19.1. The van der Waals surface area contributed by atoms with Crippen molar-refractivity contribution in [2.24, 2.45) is 11.8 Å². The molecule has 2 aromatic carbocycles. The molecule has 0 saturated heterocycles. The van der Waals surface area contributed by atoms with Crippen LogP contribution in [0, 0.1) is 23.2 Å². The third-order valence-corrected chi connectivity index (χ3v) is 5.38. The van der Waals surface area contributed by atoms with Crippen LogP contribution in [0.15, 0.2) is 48.5 Å². The molecule has 1 saturated carbocycles. The first-order valence-electron chi connectivity index (χ1n) is 9.26. The van der Waals surface area contributed by atoms with E-state index in [1.165, 1.54) is 48.8 Å². The first kappa shape index (κ1) is 16.8. The van der Waals surface area contributed by atoms with Crippen molar-refractivity contribution in [1.29, 1.82) is 5.26 Å². The van der Waals surface area contributed by atoms with Crippen molar-refractivity contribution in [3.63, 3.8) is 0 Å². The minimum Gasteiger partial charge on any atom is -0.192 e. The van der Waals surface area contributed by atoms with Gasteiger partial charge >= 0.3 is 0 Å². The Kier molecular flexibility index (Phi) is 5.36. The fraction of sp³-hybridized carbons (Fsp3) is 0.435. The van der Waals surface area contributed by atoms with Crippen molar-refractivity contribution in [2.45, 2.75) is 51.9 Å². The zero-order valence-electron chi connectivity index (χ0n) is 14.8. The lowest BCUT2D eigenvalue weighted by Gasteiger charge is -2.29. The normalized spacial score (nSPS) is 20.8. The maximum Gasteiger partial charge on any atom is 0.0991 e. The van der Waals surface area contributed by atoms with Gasteiger partial charge in [-0.1, -0.05) is 50.2 Å². The number of rotatable bonds is 4. The molecule has 0 bridgehead atoms. The third kappa shape index (κ3) is 4.06. The summed E-state index contributed by atoms with van der Waals surface area (Å²) in [5, 5.41) is 8.90. The Labute approximate surface area is 146 Å². The standard InChI is InChI=1S/C23H27N/c1-17(2)15-18-3-7-20(8-4-18)22-11-13-23(14-12-22)21-9-5-19(16-24)6-10-21/h5-6,9-14,17-18,20H,3-4,7-8,15H2,1-2H3. The van der Waals surface area contributed by atoms with Crippen LogP contribution in [-0.4, -0.2) is 0 Å². The van der Waals surface area contributed by atoms with Gasteiger partial charge < -0.3 is 0 Å². The molecule has 1 aliphatic rings. The molecule has 0 spiro atoms. The topological polar surface area (TPSA) is 23.8 Å². The zero-order chi connectivity index (χ0) is 16.9. The predicted octanol–water partition coefficient (Wildman–Crippen LogP) is 6.55. The van der Waals surface area contributed by atoms with Gasteiger partial charge in [0, 0.05) is 0 Å². The molecule has 3 rings (SSSR count). The predicted molar refractivity (Wildman–Crippen MR) is 101 cm³/mol. The van der Waals surface area contributed by atoms with Gasteiger partial charge in [0.25, 0.3) is 0 Å². The molecule has 1 nitrogen and oxygen atoms in total. The average molecular weight is 317 g/mol. The van der Waals surface area contributed by atoms with E-state index in [1.807, 2.05) is 24.3 Å². The quantitative estimate of drug-likeness (QED) is 0.627. The second-order valence-corrected chi connectivity index (χ2v) is 7.66. The third-order valence-electron chi connectivity index (χ3n) is 5.38. The summed E-state index contributed by atoms with van der Waals surface area (Å²) < 4.78 is 0. The van der Waals surface area contributed by atoms with E-state index in [2.05, 4.69) is 44.2 Å². The van der Waals surface area contributed by atoms with Gasteiger partial charge in [0.1, 0.15) is 0 Å². The van der Waals surface area contributed by atoms with Crippen LogP contribution in [0.25, 0.3) is 11.1 Å². The number of hydrogen-bond acceptors (Lipinski definition) is 1. The summed E-state index contributed by atoms with van der Waals surface area (Å²) in [4.78, 5) is 0. The summed E-state index contributed by atoms with van der Waals surface area (Å²) >= 11 is 0. The molecule has 0 radical (unpaired) electrons. The van der Waals surface area contributed by atoms with Crippen molar-refractivity contribution in [2.75, 3.05) is 0 Å². The summed E-state index contributed by atoms with van der Waals surface area (Å²) in [5.74, 6) is 2.51. The molecular formula is C23H27N. The van der Waals surface area contributed by atoms with Gasteiger partial charge in [-0.15, -0.1) is 0 Å². The van der Waals surface area contributed by atoms with Crippen LogP contribution in [0.4, 0.5) is 0 Å². The highest BCUT2D eigenvalue weighted by Gasteiger charge is 2.22. The fourth-order valence-corrected chi connectivity index (χ4v) is 4.08. The van der Waals surface area contributed by atoms with Crippen LogP contribution in [0.1, 0.15) is 63.0 Å². The number of benzene rings is 2. The largest absolute Gasteiger partial charge is 0.192 e. The van der Waals surface area contributed by atoms with Crippen LogP contribution in [-0.2, 0) is 0 Å². The Morgan fingerprint density at radius 2 is 1.42 bits per heavy atom. The number of nitrogens with zero attached hydrogens (tertiary/aromatic N) is 1. The average Bonchev–Trinajstić information content (AvgIpc) is 2.62. The molecule has 0 unspecified atom stereocenters. The van der Waals surface area contributed by atoms with Crippen molar-refractivity contribution in [3.8, 4) is 17.2 Å². The minimum atomic E-state index is 0.716. The maximum atomic E-state index is 8.90. The molecule has 0 heterocycles. The number of hydrogen-bond donors (Lipinski definition) is 0. The van der Waals surface area contributed by atoms with E-state index in [0.717, 1.165) is 17.8 Å². The van der Waals surface area contributed by atoms with E-state index in [0.29, 0.717) is 5.56 Å². The zero-order valence-corrected chi connectivity index (χ0v) is 14.8. The van der Waals surface area contributed by atoms with Crippen molar-refractivity contribution < 1.29 is 0 Å². The monoisotopic (exact) mass is 317 g/mol. The van der Waals surface area contributed by atoms with Gasteiger partial charge in [-0.25, -0.2) is 0 Å². The molecule has 124 valence electrons. The van der Waals surface area contributed by atoms with Crippen LogP contribution >= 0.6 is 0 Å². The molecule has 0 atom stereocenters. The molecule has 2 aromatic rings. The lowest BCUT2D eigenvalue weighted by Crippen LogP contribution is -2.14. The van der Waals surface area contributed by atoms with Crippen molar-refractivity contribution in [1.82, 2.24) is 0 Å². The molecule has 1 heteroatoms. The lowest BCUT2D eigenvalue weighted by atomic mass is 9.76. The fourth-order valence-electron chi connectivity index (χ4n) is 4.08. The lowest BCUT2D eigenvalue weighted by molar-refractivity contribution is 0.283. The number of nitriles is 1. The van der Waals surface area contributed by atoms with Gasteiger partial charge in [0.2, 0.25) is 0 Å². The maximum absolute atomic E-state index is 8.90. The molecule has 0 aliphatic heterocycles. The van der Waals surface area contributed by atoms with Gasteiger partial charge in [0.05, 0.1) is 11.6 Å². The first-order chi connectivity index (χ1) is 11.7. The highest BCUT2D eigenvalue weighted by Crippen LogP contribution is 2.38. The molecule has 1 fully saturated rings. The summed E-state index contributed by atoms with van der Waals surface area (Å²) in [7, 11) is 0. The van der Waals surface area contributed by atoms with Crippen LogP contribution in [0.2, 0.25) is 0 Å². The highest BCUT2D eigenvalue weighted by atomic mass is 14.3. The van der Waals surface area contributed by atoms with Gasteiger partial charge in [0.15, 0.2) is 0 Å². The summed E-state index contributed by atoms with van der Waals surface area (Å²) in [5.41, 5.74) is 4.63. The molecule has 0 N–H and O–H groups in total. The van der Waals surface area contributed by atoms with Crippen LogP contribution in [0.5, 0.6) is 0 Å². The highest BCUT2D eigenvalue weighted by molar-refractivity contribution is 5.64. The Balaban J connectivity index is 1.63. The van der Waals surface area contributed by atoms with E-state index in [9.17, 15) is 0 Å². The van der Waals surface area contributed by atoms with Crippen LogP contribution in [0.3, 0.4) is 0 Å². The van der Waals surface area contributed by atoms with E-state index >= 15 is 0 Å². The van der Waals surface area contributed by atoms with E-state index < -0.39 is 0 Å². The van der Waals surface area contributed by atoms with Crippen LogP contribution < -0.4 is 0 Å². The van der Waals surface area contributed by atoms with Gasteiger partial charge in [-0.2, -0.15) is 5.26 Å². The molecule has 24 heavy (non-hydrogen) atoms. The molecule has 0 amide bonds. The van der Waals surface area contributed by atoms with Gasteiger partial charge in [-0.3, -0.25) is 0 Å². The molecule has 1 aliphatic carbocycles. The minimum absolute atomic E-state index is 0.716. The van der Waals surface area contributed by atoms with Crippen molar-refractivity contribution in [3.05, 3.63) is 59.7 Å². The summed E-state index contributed by atoms with van der Waals surface area (Å²) in [6.07, 6.45) is 6.85. The van der Waals surface area contributed by atoms with E-state index in [1.54, 1.807) is 0 Å². The Morgan fingerprint density at radius 3 is 1.92 bits per heavy atom. The summed E-state index contributed by atoms with van der Waals surface area (Å²) in [6.45, 7) is 4.68. The smallest absolute Gasteiger partial charge is 0.0991 e. The molecule has 0 aromatic heterocycles. The molecular weight excluding hydrogens is 290 g/mol. The second kappa shape index (κ2) is 7.67. The second-order valence-electron chi connectivity index (χ2n) is 7.66. The van der Waals surface area contributed by atoms with E-state index in [4.69, 9.17) is 5.26 Å². The SMILES string of the molecule is CC(C)CC1CCC(c2ccc(-c3ccc(C#N)cc3)cc2)CC1. The first-order valence-corrected chi connectivity index (χ1v) is 9.26. The van der Waals surface area contributed by atoms with E-state index in [-0.39, 0.29) is 0 Å². The Bertz CT molecular complexity index is 680. The van der Waals surface area contributed by atoms with Gasteiger partial charge in [-0.05, 0) is 78.7 Å². The van der Waals surface area contributed by atoms with Crippen molar-refractivity contribution >= 4 is 0 Å². The Morgan fingerprint density at radius 1 is 0.875 bits per heavy atom.